The van der Waals surface area contributed by atoms with Crippen LogP contribution in [0.3, 0.4) is 0 Å². The van der Waals surface area contributed by atoms with E-state index in [0.717, 1.165) is 12.8 Å². The minimum atomic E-state index is 0.592. The van der Waals surface area contributed by atoms with Gasteiger partial charge in [0.2, 0.25) is 0 Å². The molecule has 2 heterocycles. The predicted octanol–water partition coefficient (Wildman–Crippen LogP) is 3.14. The average Bonchev–Trinajstić information content (AvgIpc) is 2.36. The largest absolute Gasteiger partial charge is 0.492 e. The highest BCUT2D eigenvalue weighted by Gasteiger charge is 1.97. The summed E-state index contributed by atoms with van der Waals surface area (Å²) in [6, 6.07) is 5.77. The third-order valence-electron chi connectivity index (χ3n) is 2.28. The van der Waals surface area contributed by atoms with Gasteiger partial charge in [0, 0.05) is 24.7 Å². The molecule has 2 aromatic heterocycles. The maximum Gasteiger partial charge on any atom is 0.139 e. The Bertz CT molecular complexity index is 462. The van der Waals surface area contributed by atoms with Gasteiger partial charge in [-0.15, -0.1) is 0 Å². The van der Waals surface area contributed by atoms with Crippen LogP contribution in [0.5, 0.6) is 5.75 Å². The van der Waals surface area contributed by atoms with Crippen molar-refractivity contribution in [3.8, 4) is 5.75 Å². The molecule has 0 aromatic carbocycles. The highest BCUT2D eigenvalue weighted by molar-refractivity contribution is 6.30. The van der Waals surface area contributed by atoms with E-state index < -0.39 is 0 Å². The van der Waals surface area contributed by atoms with Crippen LogP contribution in [-0.4, -0.2) is 16.6 Å². The molecular weight excluding hydrogens is 236 g/mol. The molecule has 17 heavy (non-hydrogen) atoms. The zero-order chi connectivity index (χ0) is 11.9. The zero-order valence-electron chi connectivity index (χ0n) is 9.34. The summed E-state index contributed by atoms with van der Waals surface area (Å²) in [5.74, 6) is 0.712. The van der Waals surface area contributed by atoms with Crippen LogP contribution in [-0.2, 0) is 6.42 Å². The van der Waals surface area contributed by atoms with E-state index in [1.807, 2.05) is 12.3 Å². The highest BCUT2D eigenvalue weighted by Crippen LogP contribution is 2.15. The number of halogens is 1. The molecule has 3 nitrogen and oxygen atoms in total. The number of hydrogen-bond donors (Lipinski definition) is 0. The van der Waals surface area contributed by atoms with Gasteiger partial charge in [-0.25, -0.2) is 0 Å². The Labute approximate surface area is 105 Å². The van der Waals surface area contributed by atoms with E-state index in [9.17, 15) is 0 Å². The molecular formula is C13H13ClN2O. The van der Waals surface area contributed by atoms with Gasteiger partial charge in [0.25, 0.3) is 0 Å². The number of aromatic nitrogens is 2. The van der Waals surface area contributed by atoms with Crippen molar-refractivity contribution in [2.24, 2.45) is 0 Å². The molecule has 0 aliphatic carbocycles. The Kier molecular flexibility index (Phi) is 4.33. The first-order chi connectivity index (χ1) is 8.34. The topological polar surface area (TPSA) is 35.0 Å². The molecule has 0 aliphatic heterocycles. The molecule has 0 aliphatic rings. The molecule has 0 fully saturated rings. The average molecular weight is 249 g/mol. The van der Waals surface area contributed by atoms with E-state index in [-0.39, 0.29) is 0 Å². The van der Waals surface area contributed by atoms with E-state index in [4.69, 9.17) is 16.3 Å². The van der Waals surface area contributed by atoms with Crippen molar-refractivity contribution in [2.75, 3.05) is 6.61 Å². The second-order valence-electron chi connectivity index (χ2n) is 3.65. The van der Waals surface area contributed by atoms with Crippen LogP contribution in [0, 0.1) is 0 Å². The first kappa shape index (κ1) is 11.9. The molecule has 0 spiro atoms. The standard InChI is InChI=1S/C13H13ClN2O/c14-12-7-13(10-16-9-12)17-6-2-4-11-3-1-5-15-8-11/h1,3,5,7-10H,2,4,6H2. The lowest BCUT2D eigenvalue weighted by Gasteiger charge is -2.05. The van der Waals surface area contributed by atoms with Crippen molar-refractivity contribution >= 4 is 11.6 Å². The van der Waals surface area contributed by atoms with Gasteiger partial charge in [0.1, 0.15) is 5.75 Å². The van der Waals surface area contributed by atoms with Crippen molar-refractivity contribution in [1.82, 2.24) is 9.97 Å². The van der Waals surface area contributed by atoms with Gasteiger partial charge < -0.3 is 4.74 Å². The normalized spacial score (nSPS) is 10.2. The van der Waals surface area contributed by atoms with Gasteiger partial charge in [-0.05, 0) is 24.5 Å². The third kappa shape index (κ3) is 4.04. The molecule has 0 unspecified atom stereocenters. The molecule has 0 bridgehead atoms. The lowest BCUT2D eigenvalue weighted by atomic mass is 10.2. The van der Waals surface area contributed by atoms with Crippen molar-refractivity contribution in [3.05, 3.63) is 53.6 Å². The molecule has 4 heteroatoms. The zero-order valence-corrected chi connectivity index (χ0v) is 10.1. The number of pyridine rings is 2. The van der Waals surface area contributed by atoms with E-state index >= 15 is 0 Å². The Balaban J connectivity index is 1.73. The van der Waals surface area contributed by atoms with Crippen molar-refractivity contribution in [3.63, 3.8) is 0 Å². The molecule has 0 radical (unpaired) electrons. The molecule has 2 rings (SSSR count). The van der Waals surface area contributed by atoms with Crippen LogP contribution < -0.4 is 4.74 Å². The van der Waals surface area contributed by atoms with Crippen LogP contribution >= 0.6 is 11.6 Å². The first-order valence-electron chi connectivity index (χ1n) is 5.47. The van der Waals surface area contributed by atoms with Crippen LogP contribution in [0.2, 0.25) is 5.02 Å². The van der Waals surface area contributed by atoms with Gasteiger partial charge in [-0.3, -0.25) is 9.97 Å². The quantitative estimate of drug-likeness (QED) is 0.763. The first-order valence-corrected chi connectivity index (χ1v) is 5.84. The summed E-state index contributed by atoms with van der Waals surface area (Å²) in [5.41, 5.74) is 1.22. The lowest BCUT2D eigenvalue weighted by molar-refractivity contribution is 0.310. The van der Waals surface area contributed by atoms with Crippen molar-refractivity contribution in [1.29, 1.82) is 0 Å². The lowest BCUT2D eigenvalue weighted by Crippen LogP contribution is -1.99. The summed E-state index contributed by atoms with van der Waals surface area (Å²) in [7, 11) is 0. The monoisotopic (exact) mass is 248 g/mol. The molecule has 0 amide bonds. The molecule has 2 aromatic rings. The van der Waals surface area contributed by atoms with Crippen LogP contribution in [0.1, 0.15) is 12.0 Å². The summed E-state index contributed by atoms with van der Waals surface area (Å²) in [6.07, 6.45) is 8.80. The van der Waals surface area contributed by atoms with Crippen LogP contribution in [0.15, 0.2) is 43.0 Å². The fraction of sp³-hybridized carbons (Fsp3) is 0.231. The predicted molar refractivity (Wildman–Crippen MR) is 67.3 cm³/mol. The van der Waals surface area contributed by atoms with E-state index in [0.29, 0.717) is 17.4 Å². The Morgan fingerprint density at radius 1 is 1.18 bits per heavy atom. The maximum atomic E-state index is 5.80. The minimum Gasteiger partial charge on any atom is -0.492 e. The molecule has 0 N–H and O–H groups in total. The number of hydrogen-bond acceptors (Lipinski definition) is 3. The summed E-state index contributed by atoms with van der Waals surface area (Å²) >= 11 is 5.80. The summed E-state index contributed by atoms with van der Waals surface area (Å²) < 4.78 is 5.54. The molecule has 88 valence electrons. The fourth-order valence-corrected chi connectivity index (χ4v) is 1.65. The second-order valence-corrected chi connectivity index (χ2v) is 4.09. The summed E-state index contributed by atoms with van der Waals surface area (Å²) in [5, 5.41) is 0.592. The van der Waals surface area contributed by atoms with Crippen LogP contribution in [0.25, 0.3) is 0 Å². The number of ether oxygens (including phenoxy) is 1. The minimum absolute atomic E-state index is 0.592. The number of rotatable bonds is 5. The van der Waals surface area contributed by atoms with Gasteiger partial charge in [-0.2, -0.15) is 0 Å². The molecule has 0 saturated heterocycles. The van der Waals surface area contributed by atoms with Gasteiger partial charge in [0.15, 0.2) is 0 Å². The van der Waals surface area contributed by atoms with E-state index in [2.05, 4.69) is 16.0 Å². The SMILES string of the molecule is Clc1cncc(OCCCc2cccnc2)c1. The van der Waals surface area contributed by atoms with E-state index in [1.165, 1.54) is 5.56 Å². The Morgan fingerprint density at radius 3 is 2.88 bits per heavy atom. The summed E-state index contributed by atoms with van der Waals surface area (Å²) in [4.78, 5) is 8.02. The summed E-state index contributed by atoms with van der Waals surface area (Å²) in [6.45, 7) is 0.650. The highest BCUT2D eigenvalue weighted by atomic mass is 35.5. The smallest absolute Gasteiger partial charge is 0.139 e. The molecule has 0 atom stereocenters. The number of nitrogens with zero attached hydrogens (tertiary/aromatic N) is 2. The fourth-order valence-electron chi connectivity index (χ4n) is 1.48. The Hall–Kier alpha value is -1.61. The van der Waals surface area contributed by atoms with Gasteiger partial charge in [0.05, 0.1) is 17.8 Å². The van der Waals surface area contributed by atoms with E-state index in [1.54, 1.807) is 24.7 Å². The third-order valence-corrected chi connectivity index (χ3v) is 2.49. The number of aryl methyl sites for hydroxylation is 1. The van der Waals surface area contributed by atoms with Gasteiger partial charge >= 0.3 is 0 Å². The van der Waals surface area contributed by atoms with Crippen molar-refractivity contribution < 1.29 is 4.74 Å². The van der Waals surface area contributed by atoms with Crippen molar-refractivity contribution in [2.45, 2.75) is 12.8 Å². The second kappa shape index (κ2) is 6.21. The molecule has 0 saturated carbocycles. The van der Waals surface area contributed by atoms with Crippen LogP contribution in [0.4, 0.5) is 0 Å². The van der Waals surface area contributed by atoms with Gasteiger partial charge in [-0.1, -0.05) is 17.7 Å². The Morgan fingerprint density at radius 2 is 2.12 bits per heavy atom. The maximum absolute atomic E-state index is 5.80.